The van der Waals surface area contributed by atoms with Crippen molar-refractivity contribution < 1.29 is 14.3 Å². The molecule has 0 unspecified atom stereocenters. The van der Waals surface area contributed by atoms with Crippen LogP contribution in [0.3, 0.4) is 0 Å². The topological polar surface area (TPSA) is 47.6 Å². The van der Waals surface area contributed by atoms with E-state index >= 15 is 0 Å². The fraction of sp³-hybridized carbons (Fsp3) is 0.533. The van der Waals surface area contributed by atoms with Gasteiger partial charge in [-0.1, -0.05) is 20.8 Å². The lowest BCUT2D eigenvalue weighted by molar-refractivity contribution is -0.128. The Morgan fingerprint density at radius 2 is 1.80 bits per heavy atom. The molecular formula is C15H22BrNO3. The second-order valence-electron chi connectivity index (χ2n) is 5.55. The van der Waals surface area contributed by atoms with Crippen molar-refractivity contribution in [2.24, 2.45) is 5.41 Å². The van der Waals surface area contributed by atoms with E-state index in [4.69, 9.17) is 9.47 Å². The van der Waals surface area contributed by atoms with Crippen LogP contribution in [0.25, 0.3) is 0 Å². The van der Waals surface area contributed by atoms with Gasteiger partial charge in [0.15, 0.2) is 0 Å². The van der Waals surface area contributed by atoms with Crippen LogP contribution in [0.2, 0.25) is 0 Å². The second kappa shape index (κ2) is 6.97. The lowest BCUT2D eigenvalue weighted by atomic mass is 9.95. The highest BCUT2D eigenvalue weighted by Crippen LogP contribution is 2.32. The summed E-state index contributed by atoms with van der Waals surface area (Å²) in [5, 5.41) is 2.93. The number of hydrogen-bond donors (Lipinski definition) is 1. The van der Waals surface area contributed by atoms with E-state index in [1.165, 1.54) is 0 Å². The molecule has 5 heteroatoms. The molecule has 0 saturated heterocycles. The fourth-order valence-corrected chi connectivity index (χ4v) is 2.18. The van der Waals surface area contributed by atoms with Crippen molar-refractivity contribution in [1.29, 1.82) is 0 Å². The standard InChI is InChI=1S/C15H22BrNO3/c1-15(2,3)14(18)17-7-6-10-8-13(20-5)11(16)9-12(10)19-4/h8-9H,6-7H2,1-5H3,(H,17,18). The number of nitrogens with one attached hydrogen (secondary N) is 1. The zero-order chi connectivity index (χ0) is 15.3. The van der Waals surface area contributed by atoms with E-state index in [1.54, 1.807) is 14.2 Å². The number of carbonyl (C=O) groups is 1. The fourth-order valence-electron chi connectivity index (χ4n) is 1.69. The minimum atomic E-state index is -0.374. The molecule has 112 valence electrons. The molecule has 4 nitrogen and oxygen atoms in total. The maximum atomic E-state index is 11.8. The van der Waals surface area contributed by atoms with E-state index in [2.05, 4.69) is 21.2 Å². The normalized spacial score (nSPS) is 11.1. The number of halogens is 1. The predicted molar refractivity (Wildman–Crippen MR) is 83.4 cm³/mol. The van der Waals surface area contributed by atoms with Gasteiger partial charge < -0.3 is 14.8 Å². The Bertz CT molecular complexity index is 481. The van der Waals surface area contributed by atoms with E-state index in [9.17, 15) is 4.79 Å². The van der Waals surface area contributed by atoms with Crippen molar-refractivity contribution in [3.05, 3.63) is 22.2 Å². The Labute approximate surface area is 129 Å². The average molecular weight is 344 g/mol. The SMILES string of the molecule is COc1cc(CCNC(=O)C(C)(C)C)c(OC)cc1Br. The zero-order valence-corrected chi connectivity index (χ0v) is 14.3. The van der Waals surface area contributed by atoms with Crippen LogP contribution < -0.4 is 14.8 Å². The largest absolute Gasteiger partial charge is 0.496 e. The van der Waals surface area contributed by atoms with E-state index in [0.717, 1.165) is 21.5 Å². The summed E-state index contributed by atoms with van der Waals surface area (Å²) in [6.45, 7) is 6.25. The van der Waals surface area contributed by atoms with Crippen molar-refractivity contribution >= 4 is 21.8 Å². The molecule has 0 aliphatic carbocycles. The van der Waals surface area contributed by atoms with E-state index in [1.807, 2.05) is 32.9 Å². The third-order valence-electron chi connectivity index (χ3n) is 2.92. The number of rotatable bonds is 5. The molecule has 20 heavy (non-hydrogen) atoms. The molecular weight excluding hydrogens is 322 g/mol. The van der Waals surface area contributed by atoms with Gasteiger partial charge >= 0.3 is 0 Å². The molecule has 1 aromatic rings. The molecule has 1 N–H and O–H groups in total. The van der Waals surface area contributed by atoms with Crippen LogP contribution >= 0.6 is 15.9 Å². The molecule has 0 bridgehead atoms. The van der Waals surface area contributed by atoms with Crippen LogP contribution in [-0.2, 0) is 11.2 Å². The van der Waals surface area contributed by atoms with Gasteiger partial charge in [-0.15, -0.1) is 0 Å². The van der Waals surface area contributed by atoms with E-state index < -0.39 is 0 Å². The van der Waals surface area contributed by atoms with Crippen LogP contribution in [0, 0.1) is 5.41 Å². The molecule has 1 amide bonds. The smallest absolute Gasteiger partial charge is 0.225 e. The molecule has 0 radical (unpaired) electrons. The predicted octanol–water partition coefficient (Wildman–Crippen LogP) is 3.17. The van der Waals surface area contributed by atoms with Crippen LogP contribution in [0.4, 0.5) is 0 Å². The molecule has 0 aliphatic heterocycles. The van der Waals surface area contributed by atoms with Gasteiger partial charge in [0.1, 0.15) is 11.5 Å². The van der Waals surface area contributed by atoms with Crippen molar-refractivity contribution in [2.45, 2.75) is 27.2 Å². The summed E-state index contributed by atoms with van der Waals surface area (Å²) in [4.78, 5) is 11.8. The number of hydrogen-bond acceptors (Lipinski definition) is 3. The van der Waals surface area contributed by atoms with Crippen molar-refractivity contribution in [3.8, 4) is 11.5 Å². The maximum absolute atomic E-state index is 11.8. The molecule has 1 rings (SSSR count). The minimum absolute atomic E-state index is 0.0422. The minimum Gasteiger partial charge on any atom is -0.496 e. The average Bonchev–Trinajstić information content (AvgIpc) is 2.38. The molecule has 0 aliphatic rings. The van der Waals surface area contributed by atoms with Crippen LogP contribution in [0.15, 0.2) is 16.6 Å². The number of amides is 1. The van der Waals surface area contributed by atoms with E-state index in [-0.39, 0.29) is 11.3 Å². The summed E-state index contributed by atoms with van der Waals surface area (Å²) >= 11 is 3.43. The quantitative estimate of drug-likeness (QED) is 0.893. The van der Waals surface area contributed by atoms with Gasteiger partial charge in [-0.2, -0.15) is 0 Å². The van der Waals surface area contributed by atoms with Gasteiger partial charge in [0.05, 0.1) is 18.7 Å². The molecule has 0 saturated carbocycles. The third-order valence-corrected chi connectivity index (χ3v) is 3.54. The van der Waals surface area contributed by atoms with Gasteiger partial charge in [-0.25, -0.2) is 0 Å². The summed E-state index contributed by atoms with van der Waals surface area (Å²) in [6.07, 6.45) is 0.689. The lowest BCUT2D eigenvalue weighted by Crippen LogP contribution is -2.35. The van der Waals surface area contributed by atoms with Gasteiger partial charge in [0, 0.05) is 12.0 Å². The Hall–Kier alpha value is -1.23. The first-order valence-corrected chi connectivity index (χ1v) is 7.27. The number of ether oxygens (including phenoxy) is 2. The van der Waals surface area contributed by atoms with Gasteiger partial charge in [0.2, 0.25) is 5.91 Å². The second-order valence-corrected chi connectivity index (χ2v) is 6.41. The summed E-state index contributed by atoms with van der Waals surface area (Å²) in [7, 11) is 3.25. The first-order chi connectivity index (χ1) is 9.29. The Balaban J connectivity index is 2.75. The lowest BCUT2D eigenvalue weighted by Gasteiger charge is -2.18. The third kappa shape index (κ3) is 4.40. The molecule has 0 aromatic heterocycles. The van der Waals surface area contributed by atoms with Gasteiger partial charge in [-0.3, -0.25) is 4.79 Å². The van der Waals surface area contributed by atoms with Crippen LogP contribution in [-0.4, -0.2) is 26.7 Å². The molecule has 0 heterocycles. The highest BCUT2D eigenvalue weighted by atomic mass is 79.9. The molecule has 0 atom stereocenters. The first-order valence-electron chi connectivity index (χ1n) is 6.48. The molecule has 0 spiro atoms. The zero-order valence-electron chi connectivity index (χ0n) is 12.7. The van der Waals surface area contributed by atoms with Crippen molar-refractivity contribution in [1.82, 2.24) is 5.32 Å². The van der Waals surface area contributed by atoms with Crippen molar-refractivity contribution in [2.75, 3.05) is 20.8 Å². The highest BCUT2D eigenvalue weighted by molar-refractivity contribution is 9.10. The number of carbonyl (C=O) groups excluding carboxylic acids is 1. The number of methoxy groups -OCH3 is 2. The van der Waals surface area contributed by atoms with Gasteiger partial charge in [-0.05, 0) is 40.0 Å². The van der Waals surface area contributed by atoms with E-state index in [0.29, 0.717) is 13.0 Å². The highest BCUT2D eigenvalue weighted by Gasteiger charge is 2.20. The Morgan fingerprint density at radius 3 is 2.30 bits per heavy atom. The first kappa shape index (κ1) is 16.8. The van der Waals surface area contributed by atoms with Crippen LogP contribution in [0.1, 0.15) is 26.3 Å². The van der Waals surface area contributed by atoms with Gasteiger partial charge in [0.25, 0.3) is 0 Å². The summed E-state index contributed by atoms with van der Waals surface area (Å²) < 4.78 is 11.5. The molecule has 1 aromatic carbocycles. The van der Waals surface area contributed by atoms with Crippen molar-refractivity contribution in [3.63, 3.8) is 0 Å². The maximum Gasteiger partial charge on any atom is 0.225 e. The Kier molecular flexibility index (Phi) is 5.87. The molecule has 0 fully saturated rings. The Morgan fingerprint density at radius 1 is 1.20 bits per heavy atom. The monoisotopic (exact) mass is 343 g/mol. The summed E-state index contributed by atoms with van der Waals surface area (Å²) in [5.41, 5.74) is 0.628. The van der Waals surface area contributed by atoms with Crippen LogP contribution in [0.5, 0.6) is 11.5 Å². The summed E-state index contributed by atoms with van der Waals surface area (Å²) in [5.74, 6) is 1.58. The number of benzene rings is 1. The summed E-state index contributed by atoms with van der Waals surface area (Å²) in [6, 6.07) is 3.80.